The summed E-state index contributed by atoms with van der Waals surface area (Å²) in [6, 6.07) is 17.2. The van der Waals surface area contributed by atoms with Crippen molar-refractivity contribution in [1.29, 1.82) is 0 Å². The van der Waals surface area contributed by atoms with Crippen LogP contribution in [-0.4, -0.2) is 0 Å². The van der Waals surface area contributed by atoms with Gasteiger partial charge in [0.2, 0.25) is 0 Å². The third-order valence-corrected chi connectivity index (χ3v) is 3.81. The summed E-state index contributed by atoms with van der Waals surface area (Å²) < 4.78 is 0. The van der Waals surface area contributed by atoms with E-state index in [1.54, 1.807) is 0 Å². The Balaban J connectivity index is 2.08. The smallest absolute Gasteiger partial charge is 0.0232 e. The molecule has 0 bridgehead atoms. The van der Waals surface area contributed by atoms with Gasteiger partial charge >= 0.3 is 0 Å². The van der Waals surface area contributed by atoms with E-state index in [-0.39, 0.29) is 0 Å². The van der Waals surface area contributed by atoms with E-state index in [4.69, 9.17) is 0 Å². The first-order chi connectivity index (χ1) is 7.75. The number of aryl methyl sites for hydroxylation is 2. The Bertz CT molecular complexity index is 460. The van der Waals surface area contributed by atoms with Crippen molar-refractivity contribution in [2.24, 2.45) is 0 Å². The molecule has 16 heavy (non-hydrogen) atoms. The van der Waals surface area contributed by atoms with Gasteiger partial charge in [0.15, 0.2) is 0 Å². The van der Waals surface area contributed by atoms with Gasteiger partial charge in [0.1, 0.15) is 0 Å². The molecule has 2 aromatic carbocycles. The van der Waals surface area contributed by atoms with Crippen molar-refractivity contribution in [1.82, 2.24) is 0 Å². The molecule has 0 aliphatic heterocycles. The van der Waals surface area contributed by atoms with Crippen LogP contribution in [0.2, 0.25) is 0 Å². The molecule has 0 spiro atoms. The predicted octanol–water partition coefficient (Wildman–Crippen LogP) is 4.60. The fourth-order valence-electron chi connectivity index (χ4n) is 1.60. The summed E-state index contributed by atoms with van der Waals surface area (Å²) in [6.07, 6.45) is 0. The van der Waals surface area contributed by atoms with Gasteiger partial charge in [0.25, 0.3) is 0 Å². The van der Waals surface area contributed by atoms with E-state index < -0.39 is 0 Å². The second kappa shape index (κ2) is 5.22. The normalized spacial score (nSPS) is 10.4. The van der Waals surface area contributed by atoms with Crippen LogP contribution < -0.4 is 0 Å². The van der Waals surface area contributed by atoms with E-state index in [9.17, 15) is 0 Å². The summed E-state index contributed by atoms with van der Waals surface area (Å²) in [4.78, 5) is 1.39. The zero-order chi connectivity index (χ0) is 11.4. The Morgan fingerprint density at radius 2 is 1.69 bits per heavy atom. The van der Waals surface area contributed by atoms with E-state index in [2.05, 4.69) is 62.4 Å². The van der Waals surface area contributed by atoms with E-state index in [0.717, 1.165) is 5.75 Å². The Hall–Kier alpha value is -1.21. The Kier molecular flexibility index (Phi) is 3.68. The van der Waals surface area contributed by atoms with E-state index in [1.807, 2.05) is 11.8 Å². The third-order valence-electron chi connectivity index (χ3n) is 2.58. The highest BCUT2D eigenvalue weighted by molar-refractivity contribution is 7.98. The van der Waals surface area contributed by atoms with Gasteiger partial charge in [0, 0.05) is 10.6 Å². The van der Waals surface area contributed by atoms with E-state index in [0.29, 0.717) is 0 Å². The molecular weight excluding hydrogens is 212 g/mol. The van der Waals surface area contributed by atoms with Gasteiger partial charge in [-0.25, -0.2) is 0 Å². The molecule has 1 heteroatoms. The number of thioether (sulfide) groups is 1. The fourth-order valence-corrected chi connectivity index (χ4v) is 2.68. The number of rotatable bonds is 3. The number of hydrogen-bond donors (Lipinski definition) is 0. The standard InChI is InChI=1S/C15H16S/c1-12-8-9-13(2)15(10-12)16-11-14-6-4-3-5-7-14/h3-10H,11H2,1-2H3. The quantitative estimate of drug-likeness (QED) is 0.692. The van der Waals surface area contributed by atoms with Crippen molar-refractivity contribution in [3.8, 4) is 0 Å². The van der Waals surface area contributed by atoms with Crippen LogP contribution in [0, 0.1) is 13.8 Å². The van der Waals surface area contributed by atoms with Crippen molar-refractivity contribution in [3.05, 3.63) is 65.2 Å². The van der Waals surface area contributed by atoms with Crippen LogP contribution in [-0.2, 0) is 5.75 Å². The highest BCUT2D eigenvalue weighted by Crippen LogP contribution is 2.26. The Labute approximate surface area is 102 Å². The van der Waals surface area contributed by atoms with Crippen molar-refractivity contribution in [2.45, 2.75) is 24.5 Å². The van der Waals surface area contributed by atoms with Crippen LogP contribution in [0.25, 0.3) is 0 Å². The van der Waals surface area contributed by atoms with Gasteiger partial charge < -0.3 is 0 Å². The minimum Gasteiger partial charge on any atom is -0.121 e. The summed E-state index contributed by atoms with van der Waals surface area (Å²) in [5.41, 5.74) is 4.08. The molecule has 0 radical (unpaired) electrons. The SMILES string of the molecule is Cc1ccc(C)c(SCc2ccccc2)c1. The molecule has 0 aromatic heterocycles. The molecule has 0 heterocycles. The molecule has 82 valence electrons. The molecule has 0 fully saturated rings. The molecule has 0 unspecified atom stereocenters. The molecule has 2 aromatic rings. The van der Waals surface area contributed by atoms with Gasteiger partial charge in [-0.2, -0.15) is 0 Å². The first-order valence-electron chi connectivity index (χ1n) is 5.50. The van der Waals surface area contributed by atoms with Crippen molar-refractivity contribution in [2.75, 3.05) is 0 Å². The van der Waals surface area contributed by atoms with Gasteiger partial charge in [-0.1, -0.05) is 48.0 Å². The maximum Gasteiger partial charge on any atom is 0.0232 e. The van der Waals surface area contributed by atoms with Gasteiger partial charge in [-0.15, -0.1) is 11.8 Å². The lowest BCUT2D eigenvalue weighted by Gasteiger charge is -2.06. The largest absolute Gasteiger partial charge is 0.121 e. The maximum absolute atomic E-state index is 2.27. The maximum atomic E-state index is 2.27. The summed E-state index contributed by atoms with van der Waals surface area (Å²) in [5, 5.41) is 0. The van der Waals surface area contributed by atoms with Gasteiger partial charge in [-0.3, -0.25) is 0 Å². The summed E-state index contributed by atoms with van der Waals surface area (Å²) in [7, 11) is 0. The summed E-state index contributed by atoms with van der Waals surface area (Å²) in [6.45, 7) is 4.32. The average molecular weight is 228 g/mol. The van der Waals surface area contributed by atoms with Gasteiger partial charge in [0.05, 0.1) is 0 Å². The zero-order valence-corrected chi connectivity index (χ0v) is 10.6. The van der Waals surface area contributed by atoms with Crippen molar-refractivity contribution < 1.29 is 0 Å². The van der Waals surface area contributed by atoms with Crippen LogP contribution in [0.1, 0.15) is 16.7 Å². The highest BCUT2D eigenvalue weighted by atomic mass is 32.2. The topological polar surface area (TPSA) is 0 Å². The number of benzene rings is 2. The molecule has 0 aliphatic carbocycles. The van der Waals surface area contributed by atoms with Crippen LogP contribution in [0.3, 0.4) is 0 Å². The van der Waals surface area contributed by atoms with Crippen LogP contribution in [0.4, 0.5) is 0 Å². The second-order valence-electron chi connectivity index (χ2n) is 4.04. The summed E-state index contributed by atoms with van der Waals surface area (Å²) in [5.74, 6) is 1.05. The predicted molar refractivity (Wildman–Crippen MR) is 71.9 cm³/mol. The second-order valence-corrected chi connectivity index (χ2v) is 5.06. The molecule has 0 saturated carbocycles. The zero-order valence-electron chi connectivity index (χ0n) is 9.73. The van der Waals surface area contributed by atoms with Crippen LogP contribution >= 0.6 is 11.8 Å². The fraction of sp³-hybridized carbons (Fsp3) is 0.200. The first kappa shape index (κ1) is 11.3. The highest BCUT2D eigenvalue weighted by Gasteiger charge is 2.00. The molecule has 0 aliphatic rings. The van der Waals surface area contributed by atoms with Crippen molar-refractivity contribution >= 4 is 11.8 Å². The molecule has 0 amide bonds. The lowest BCUT2D eigenvalue weighted by atomic mass is 10.2. The Morgan fingerprint density at radius 3 is 2.44 bits per heavy atom. The molecular formula is C15H16S. The summed E-state index contributed by atoms with van der Waals surface area (Å²) >= 11 is 1.91. The molecule has 0 atom stereocenters. The number of hydrogen-bond acceptors (Lipinski definition) is 1. The molecule has 0 saturated heterocycles. The van der Waals surface area contributed by atoms with E-state index in [1.165, 1.54) is 21.6 Å². The van der Waals surface area contributed by atoms with Crippen LogP contribution in [0.5, 0.6) is 0 Å². The average Bonchev–Trinajstić information content (AvgIpc) is 2.32. The van der Waals surface area contributed by atoms with Crippen molar-refractivity contribution in [3.63, 3.8) is 0 Å². The third kappa shape index (κ3) is 2.89. The van der Waals surface area contributed by atoms with E-state index >= 15 is 0 Å². The minimum atomic E-state index is 1.05. The lowest BCUT2D eigenvalue weighted by Crippen LogP contribution is -1.84. The molecule has 0 N–H and O–H groups in total. The first-order valence-corrected chi connectivity index (χ1v) is 6.48. The van der Waals surface area contributed by atoms with Crippen LogP contribution in [0.15, 0.2) is 53.4 Å². The monoisotopic (exact) mass is 228 g/mol. The molecule has 0 nitrogen and oxygen atoms in total. The van der Waals surface area contributed by atoms with Gasteiger partial charge in [-0.05, 0) is 31.0 Å². The minimum absolute atomic E-state index is 1.05. The molecule has 2 rings (SSSR count). The lowest BCUT2D eigenvalue weighted by molar-refractivity contribution is 1.25. The Morgan fingerprint density at radius 1 is 0.938 bits per heavy atom.